The topological polar surface area (TPSA) is 62.6 Å². The number of aromatic nitrogens is 2. The Kier molecular flexibility index (Phi) is 8.23. The molecule has 2 heterocycles. The number of hydrogen-bond acceptors (Lipinski definition) is 5. The van der Waals surface area contributed by atoms with Crippen LogP contribution in [0.5, 0.6) is 11.5 Å². The van der Waals surface area contributed by atoms with Gasteiger partial charge in [-0.3, -0.25) is 9.78 Å². The number of pyridine rings is 1. The third-order valence-corrected chi connectivity index (χ3v) is 7.22. The molecule has 5 rings (SSSR count). The molecule has 0 unspecified atom stereocenters. The highest BCUT2D eigenvalue weighted by molar-refractivity contribution is 6.35. The zero-order valence-electron chi connectivity index (χ0n) is 21.1. The number of aryl methyl sites for hydroxylation is 1. The van der Waals surface area contributed by atoms with Gasteiger partial charge in [-0.05, 0) is 72.5 Å². The van der Waals surface area contributed by atoms with Gasteiger partial charge in [-0.1, -0.05) is 40.9 Å². The predicted octanol–water partition coefficient (Wildman–Crippen LogP) is 7.57. The molecular formula is C29H26Cl2F2N2O4. The first-order chi connectivity index (χ1) is 18.8. The molecule has 6 nitrogen and oxygen atoms in total. The Balaban J connectivity index is 1.44. The molecule has 0 saturated heterocycles. The van der Waals surface area contributed by atoms with Crippen molar-refractivity contribution in [2.75, 3.05) is 6.61 Å². The monoisotopic (exact) mass is 574 g/mol. The van der Waals surface area contributed by atoms with Crippen molar-refractivity contribution in [3.8, 4) is 11.5 Å². The fourth-order valence-electron chi connectivity index (χ4n) is 4.36. The second kappa shape index (κ2) is 11.8. The first kappa shape index (κ1) is 27.2. The first-order valence-corrected chi connectivity index (χ1v) is 13.3. The molecule has 1 saturated carbocycles. The van der Waals surface area contributed by atoms with E-state index in [9.17, 15) is 13.6 Å². The highest BCUT2D eigenvalue weighted by Crippen LogP contribution is 2.38. The van der Waals surface area contributed by atoms with Gasteiger partial charge in [0, 0.05) is 30.5 Å². The van der Waals surface area contributed by atoms with Gasteiger partial charge in [-0.25, -0.2) is 0 Å². The van der Waals surface area contributed by atoms with E-state index in [0.29, 0.717) is 33.7 Å². The maximum atomic E-state index is 13.2. The van der Waals surface area contributed by atoms with E-state index in [1.807, 2.05) is 42.0 Å². The van der Waals surface area contributed by atoms with E-state index in [0.717, 1.165) is 29.3 Å². The van der Waals surface area contributed by atoms with Crippen LogP contribution in [0.15, 0.2) is 61.1 Å². The molecule has 0 aliphatic heterocycles. The molecule has 1 aliphatic rings. The highest BCUT2D eigenvalue weighted by Gasteiger charge is 2.26. The average molecular weight is 575 g/mol. The zero-order chi connectivity index (χ0) is 27.5. The SMILES string of the molecule is Cc1ccc2c(ccn2CC(=O)O[C@@H](Cc2c(Cl)cncc2Cl)c2ccc(OC(F)F)c(OCC3CC3)c2)c1. The summed E-state index contributed by atoms with van der Waals surface area (Å²) < 4.78 is 44.4. The Hall–Kier alpha value is -3.36. The number of rotatable bonds is 11. The van der Waals surface area contributed by atoms with Crippen LogP contribution in [0.4, 0.5) is 8.78 Å². The van der Waals surface area contributed by atoms with Crippen LogP contribution in [-0.4, -0.2) is 28.7 Å². The van der Waals surface area contributed by atoms with Crippen molar-refractivity contribution < 1.29 is 27.8 Å². The van der Waals surface area contributed by atoms with Gasteiger partial charge in [0.2, 0.25) is 0 Å². The summed E-state index contributed by atoms with van der Waals surface area (Å²) in [4.78, 5) is 17.2. The Morgan fingerprint density at radius 3 is 2.56 bits per heavy atom. The van der Waals surface area contributed by atoms with E-state index in [1.165, 1.54) is 18.5 Å². The van der Waals surface area contributed by atoms with E-state index >= 15 is 0 Å². The van der Waals surface area contributed by atoms with Gasteiger partial charge in [0.25, 0.3) is 0 Å². The second-order valence-corrected chi connectivity index (χ2v) is 10.4. The summed E-state index contributed by atoms with van der Waals surface area (Å²) in [6.07, 6.45) is 6.09. The summed E-state index contributed by atoms with van der Waals surface area (Å²) in [5, 5.41) is 1.65. The maximum Gasteiger partial charge on any atom is 0.387 e. The third-order valence-electron chi connectivity index (χ3n) is 6.57. The fourth-order valence-corrected chi connectivity index (χ4v) is 4.88. The molecule has 2 aromatic carbocycles. The molecule has 2 aromatic heterocycles. The largest absolute Gasteiger partial charge is 0.489 e. The number of nitrogens with zero attached hydrogens (tertiary/aromatic N) is 2. The summed E-state index contributed by atoms with van der Waals surface area (Å²) in [7, 11) is 0. The average Bonchev–Trinajstić information content (AvgIpc) is 3.64. The molecular weight excluding hydrogens is 549 g/mol. The normalized spacial score (nSPS) is 14.0. The second-order valence-electron chi connectivity index (χ2n) is 9.61. The molecule has 1 atom stereocenters. The van der Waals surface area contributed by atoms with Crippen LogP contribution in [0.25, 0.3) is 10.9 Å². The van der Waals surface area contributed by atoms with Crippen LogP contribution in [-0.2, 0) is 22.5 Å². The van der Waals surface area contributed by atoms with Gasteiger partial charge >= 0.3 is 12.6 Å². The standard InChI is InChI=1S/C29H26Cl2F2N2O4/c1-17-2-6-24-19(10-17)8-9-35(24)15-28(36)38-26(12-21-22(30)13-34-14-23(21)31)20-5-7-25(39-29(32)33)27(11-20)37-16-18-3-4-18/h2,5-11,13-14,18,26,29H,3-4,12,15-16H2,1H3/t26-/m0/s1. The highest BCUT2D eigenvalue weighted by atomic mass is 35.5. The molecule has 0 radical (unpaired) electrons. The molecule has 10 heteroatoms. The lowest BCUT2D eigenvalue weighted by molar-refractivity contribution is -0.150. The van der Waals surface area contributed by atoms with Crippen molar-refractivity contribution >= 4 is 40.1 Å². The minimum atomic E-state index is -3.01. The van der Waals surface area contributed by atoms with Gasteiger partial charge in [0.05, 0.1) is 16.7 Å². The van der Waals surface area contributed by atoms with Gasteiger partial charge in [0.1, 0.15) is 12.6 Å². The molecule has 0 amide bonds. The number of fused-ring (bicyclic) bond motifs is 1. The van der Waals surface area contributed by atoms with Crippen molar-refractivity contribution in [3.63, 3.8) is 0 Å². The lowest BCUT2D eigenvalue weighted by Gasteiger charge is -2.22. The van der Waals surface area contributed by atoms with Gasteiger partial charge < -0.3 is 18.8 Å². The van der Waals surface area contributed by atoms with Crippen molar-refractivity contribution in [3.05, 3.63) is 87.8 Å². The van der Waals surface area contributed by atoms with Gasteiger partial charge in [-0.2, -0.15) is 8.78 Å². The van der Waals surface area contributed by atoms with Crippen LogP contribution >= 0.6 is 23.2 Å². The number of hydrogen-bond donors (Lipinski definition) is 0. The number of alkyl halides is 2. The summed E-state index contributed by atoms with van der Waals surface area (Å²) in [6, 6.07) is 12.4. The van der Waals surface area contributed by atoms with Gasteiger partial charge in [0.15, 0.2) is 11.5 Å². The lowest BCUT2D eigenvalue weighted by Crippen LogP contribution is -2.19. The number of carbonyl (C=O) groups excluding carboxylic acids is 1. The van der Waals surface area contributed by atoms with Crippen LogP contribution in [0, 0.1) is 12.8 Å². The Labute approximate surface area is 234 Å². The minimum Gasteiger partial charge on any atom is -0.489 e. The van der Waals surface area contributed by atoms with Crippen LogP contribution in [0.3, 0.4) is 0 Å². The molecule has 204 valence electrons. The summed E-state index contributed by atoms with van der Waals surface area (Å²) in [6.45, 7) is -0.651. The molecule has 1 fully saturated rings. The quantitative estimate of drug-likeness (QED) is 0.173. The Morgan fingerprint density at radius 1 is 1.08 bits per heavy atom. The number of carbonyl (C=O) groups is 1. The van der Waals surface area contributed by atoms with Crippen LogP contribution in [0.1, 0.15) is 35.6 Å². The zero-order valence-corrected chi connectivity index (χ0v) is 22.6. The molecule has 0 N–H and O–H groups in total. The van der Waals surface area contributed by atoms with E-state index in [2.05, 4.69) is 9.72 Å². The van der Waals surface area contributed by atoms with E-state index < -0.39 is 18.7 Å². The van der Waals surface area contributed by atoms with Gasteiger partial charge in [-0.15, -0.1) is 0 Å². The Bertz CT molecular complexity index is 1470. The minimum absolute atomic E-state index is 0.0293. The van der Waals surface area contributed by atoms with Crippen molar-refractivity contribution in [1.29, 1.82) is 0 Å². The summed E-state index contributed by atoms with van der Waals surface area (Å²) >= 11 is 12.8. The van der Waals surface area contributed by atoms with Crippen molar-refractivity contribution in [2.24, 2.45) is 5.92 Å². The predicted molar refractivity (Wildman–Crippen MR) is 145 cm³/mol. The smallest absolute Gasteiger partial charge is 0.387 e. The number of ether oxygens (including phenoxy) is 3. The van der Waals surface area contributed by atoms with E-state index in [4.69, 9.17) is 32.7 Å². The molecule has 1 aliphatic carbocycles. The Morgan fingerprint density at radius 2 is 1.85 bits per heavy atom. The lowest BCUT2D eigenvalue weighted by atomic mass is 10.0. The molecule has 0 bridgehead atoms. The molecule has 39 heavy (non-hydrogen) atoms. The van der Waals surface area contributed by atoms with E-state index in [-0.39, 0.29) is 24.5 Å². The number of esters is 1. The van der Waals surface area contributed by atoms with Crippen molar-refractivity contribution in [1.82, 2.24) is 9.55 Å². The third kappa shape index (κ3) is 6.81. The summed E-state index contributed by atoms with van der Waals surface area (Å²) in [5.41, 5.74) is 3.08. The molecule has 4 aromatic rings. The van der Waals surface area contributed by atoms with E-state index in [1.54, 1.807) is 12.1 Å². The van der Waals surface area contributed by atoms with Crippen LogP contribution < -0.4 is 9.47 Å². The summed E-state index contributed by atoms with van der Waals surface area (Å²) in [5.74, 6) is -0.0444. The number of halogens is 4. The molecule has 0 spiro atoms. The van der Waals surface area contributed by atoms with Crippen molar-refractivity contribution in [2.45, 2.75) is 45.4 Å². The maximum absolute atomic E-state index is 13.2. The number of benzene rings is 2. The first-order valence-electron chi connectivity index (χ1n) is 12.5. The fraction of sp³-hybridized carbons (Fsp3) is 0.310. The van der Waals surface area contributed by atoms with Crippen LogP contribution in [0.2, 0.25) is 10.0 Å².